The lowest BCUT2D eigenvalue weighted by molar-refractivity contribution is -0.131. The fourth-order valence-electron chi connectivity index (χ4n) is 2.33. The van der Waals surface area contributed by atoms with E-state index >= 15 is 0 Å². The van der Waals surface area contributed by atoms with Crippen molar-refractivity contribution in [1.29, 1.82) is 0 Å². The molecule has 0 bridgehead atoms. The molecule has 1 fully saturated rings. The van der Waals surface area contributed by atoms with Crippen molar-refractivity contribution in [2.45, 2.75) is 25.3 Å². The maximum absolute atomic E-state index is 12.2. The Kier molecular flexibility index (Phi) is 4.85. The summed E-state index contributed by atoms with van der Waals surface area (Å²) in [4.78, 5) is 16.8. The maximum Gasteiger partial charge on any atom is 0.226 e. The molecule has 0 saturated carbocycles. The van der Waals surface area contributed by atoms with Crippen LogP contribution in [0.15, 0.2) is 29.4 Å². The van der Waals surface area contributed by atoms with Gasteiger partial charge in [-0.3, -0.25) is 4.79 Å². The Hall–Kier alpha value is -2.20. The Morgan fingerprint density at radius 3 is 2.60 bits per heavy atom. The van der Waals surface area contributed by atoms with Gasteiger partial charge in [-0.15, -0.1) is 0 Å². The molecule has 1 aromatic carbocycles. The normalized spacial score (nSPS) is 15.6. The average Bonchev–Trinajstić information content (AvgIpc) is 2.49. The minimum atomic E-state index is 0.0324. The van der Waals surface area contributed by atoms with E-state index in [0.717, 1.165) is 24.2 Å². The third kappa shape index (κ3) is 3.65. The largest absolute Gasteiger partial charge is 0.497 e. The predicted octanol–water partition coefficient (Wildman–Crippen LogP) is 2.54. The Balaban J connectivity index is 1.87. The van der Waals surface area contributed by atoms with Crippen LogP contribution in [-0.2, 0) is 11.2 Å². The molecule has 0 atom stereocenters. The van der Waals surface area contributed by atoms with Crippen LogP contribution in [0.4, 0.5) is 0 Å². The molecule has 1 aromatic rings. The van der Waals surface area contributed by atoms with E-state index in [1.807, 2.05) is 29.2 Å². The van der Waals surface area contributed by atoms with Crippen molar-refractivity contribution in [2.24, 2.45) is 5.11 Å². The Labute approximate surface area is 118 Å². The van der Waals surface area contributed by atoms with Gasteiger partial charge < -0.3 is 9.64 Å². The number of carbonyl (C=O) groups excluding carboxylic acids is 1. The van der Waals surface area contributed by atoms with Crippen molar-refractivity contribution >= 4 is 5.91 Å². The van der Waals surface area contributed by atoms with Crippen LogP contribution < -0.4 is 4.74 Å². The number of nitrogens with zero attached hydrogens (tertiary/aromatic N) is 4. The van der Waals surface area contributed by atoms with Crippen LogP contribution in [0.2, 0.25) is 0 Å². The molecule has 0 radical (unpaired) electrons. The number of rotatable bonds is 4. The highest BCUT2D eigenvalue weighted by Gasteiger charge is 2.21. The molecule has 0 aromatic heterocycles. The van der Waals surface area contributed by atoms with E-state index in [9.17, 15) is 4.79 Å². The van der Waals surface area contributed by atoms with Crippen molar-refractivity contribution in [3.05, 3.63) is 40.3 Å². The standard InChI is InChI=1S/C14H18N4O2/c1-20-13-4-2-11(3-5-13)10-14(19)18-8-6-12(7-9-18)16-17-15/h2-5,12H,6-10H2,1H3. The van der Waals surface area contributed by atoms with Crippen LogP contribution in [0.25, 0.3) is 10.4 Å². The number of methoxy groups -OCH3 is 1. The molecule has 1 saturated heterocycles. The number of hydrogen-bond acceptors (Lipinski definition) is 3. The minimum absolute atomic E-state index is 0.0324. The van der Waals surface area contributed by atoms with Crippen LogP contribution in [0.1, 0.15) is 18.4 Å². The van der Waals surface area contributed by atoms with Crippen molar-refractivity contribution in [3.8, 4) is 5.75 Å². The van der Waals surface area contributed by atoms with E-state index in [-0.39, 0.29) is 11.9 Å². The first-order valence-electron chi connectivity index (χ1n) is 6.68. The van der Waals surface area contributed by atoms with Gasteiger partial charge in [0.25, 0.3) is 0 Å². The number of likely N-dealkylation sites (tertiary alicyclic amines) is 1. The van der Waals surface area contributed by atoms with E-state index in [0.29, 0.717) is 19.5 Å². The maximum atomic E-state index is 12.2. The number of piperidine rings is 1. The molecular weight excluding hydrogens is 256 g/mol. The SMILES string of the molecule is COc1ccc(CC(=O)N2CCC(N=[N+]=[N-])CC2)cc1. The zero-order valence-electron chi connectivity index (χ0n) is 11.5. The number of hydrogen-bond donors (Lipinski definition) is 0. The van der Waals surface area contributed by atoms with Gasteiger partial charge in [0.15, 0.2) is 0 Å². The van der Waals surface area contributed by atoms with Gasteiger partial charge in [-0.1, -0.05) is 17.2 Å². The van der Waals surface area contributed by atoms with Crippen LogP contribution in [0, 0.1) is 0 Å². The van der Waals surface area contributed by atoms with Crippen LogP contribution in [0.3, 0.4) is 0 Å². The molecular formula is C14H18N4O2. The van der Waals surface area contributed by atoms with Gasteiger partial charge in [-0.2, -0.15) is 0 Å². The van der Waals surface area contributed by atoms with E-state index in [4.69, 9.17) is 10.3 Å². The molecule has 6 nitrogen and oxygen atoms in total. The monoisotopic (exact) mass is 274 g/mol. The summed E-state index contributed by atoms with van der Waals surface area (Å²) >= 11 is 0. The number of carbonyl (C=O) groups is 1. The van der Waals surface area contributed by atoms with Crippen molar-refractivity contribution in [3.63, 3.8) is 0 Å². The molecule has 0 unspecified atom stereocenters. The molecule has 0 N–H and O–H groups in total. The van der Waals surface area contributed by atoms with Crippen molar-refractivity contribution in [2.75, 3.05) is 20.2 Å². The first-order chi connectivity index (χ1) is 9.72. The van der Waals surface area contributed by atoms with Gasteiger partial charge in [-0.25, -0.2) is 0 Å². The highest BCUT2D eigenvalue weighted by Crippen LogP contribution is 2.16. The van der Waals surface area contributed by atoms with Crippen LogP contribution in [0.5, 0.6) is 5.75 Å². The molecule has 1 heterocycles. The summed E-state index contributed by atoms with van der Waals surface area (Å²) in [6.07, 6.45) is 1.90. The van der Waals surface area contributed by atoms with Crippen molar-refractivity contribution < 1.29 is 9.53 Å². The van der Waals surface area contributed by atoms with Gasteiger partial charge in [0.2, 0.25) is 5.91 Å². The van der Waals surface area contributed by atoms with Crippen LogP contribution >= 0.6 is 0 Å². The van der Waals surface area contributed by atoms with E-state index in [1.165, 1.54) is 0 Å². The molecule has 20 heavy (non-hydrogen) atoms. The average molecular weight is 274 g/mol. The number of amides is 1. The fraction of sp³-hybridized carbons (Fsp3) is 0.500. The Morgan fingerprint density at radius 1 is 1.40 bits per heavy atom. The summed E-state index contributed by atoms with van der Waals surface area (Å²) in [6.45, 7) is 1.33. The van der Waals surface area contributed by atoms with E-state index < -0.39 is 0 Å². The lowest BCUT2D eigenvalue weighted by atomic mass is 10.0. The molecule has 2 rings (SSSR count). The summed E-state index contributed by atoms with van der Waals surface area (Å²) in [5.41, 5.74) is 9.38. The molecule has 1 aliphatic rings. The first kappa shape index (κ1) is 14.2. The Morgan fingerprint density at radius 2 is 2.05 bits per heavy atom. The molecule has 106 valence electrons. The lowest BCUT2D eigenvalue weighted by Crippen LogP contribution is -2.40. The topological polar surface area (TPSA) is 78.3 Å². The number of ether oxygens (including phenoxy) is 1. The fourth-order valence-corrected chi connectivity index (χ4v) is 2.33. The first-order valence-corrected chi connectivity index (χ1v) is 6.68. The van der Waals surface area contributed by atoms with E-state index in [1.54, 1.807) is 7.11 Å². The van der Waals surface area contributed by atoms with Gasteiger partial charge >= 0.3 is 0 Å². The number of azide groups is 1. The second-order valence-electron chi connectivity index (χ2n) is 4.84. The summed E-state index contributed by atoms with van der Waals surface area (Å²) in [5.74, 6) is 0.908. The smallest absolute Gasteiger partial charge is 0.226 e. The third-order valence-corrected chi connectivity index (χ3v) is 3.55. The second kappa shape index (κ2) is 6.82. The second-order valence-corrected chi connectivity index (χ2v) is 4.84. The predicted molar refractivity (Wildman–Crippen MR) is 75.4 cm³/mol. The summed E-state index contributed by atoms with van der Waals surface area (Å²) in [6, 6.07) is 7.56. The zero-order valence-corrected chi connectivity index (χ0v) is 11.5. The highest BCUT2D eigenvalue weighted by molar-refractivity contribution is 5.78. The summed E-state index contributed by atoms with van der Waals surface area (Å²) in [5, 5.41) is 3.71. The Bertz CT molecular complexity index is 500. The summed E-state index contributed by atoms with van der Waals surface area (Å²) in [7, 11) is 1.62. The molecule has 6 heteroatoms. The number of benzene rings is 1. The van der Waals surface area contributed by atoms with Gasteiger partial charge in [0.05, 0.1) is 13.5 Å². The van der Waals surface area contributed by atoms with Crippen LogP contribution in [-0.4, -0.2) is 37.0 Å². The van der Waals surface area contributed by atoms with Gasteiger partial charge in [-0.05, 0) is 36.1 Å². The molecule has 0 spiro atoms. The third-order valence-electron chi connectivity index (χ3n) is 3.55. The quantitative estimate of drug-likeness (QED) is 0.480. The molecule has 0 aliphatic carbocycles. The zero-order chi connectivity index (χ0) is 14.4. The summed E-state index contributed by atoms with van der Waals surface area (Å²) < 4.78 is 5.09. The highest BCUT2D eigenvalue weighted by atomic mass is 16.5. The van der Waals surface area contributed by atoms with Gasteiger partial charge in [0.1, 0.15) is 5.75 Å². The molecule has 1 amide bonds. The van der Waals surface area contributed by atoms with Crippen molar-refractivity contribution in [1.82, 2.24) is 4.90 Å². The van der Waals surface area contributed by atoms with Gasteiger partial charge in [0, 0.05) is 24.0 Å². The van der Waals surface area contributed by atoms with E-state index in [2.05, 4.69) is 10.0 Å². The lowest BCUT2D eigenvalue weighted by Gasteiger charge is -2.30. The molecule has 1 aliphatic heterocycles. The minimum Gasteiger partial charge on any atom is -0.497 e.